The van der Waals surface area contributed by atoms with Crippen LogP contribution in [-0.4, -0.2) is 54.1 Å². The molecule has 0 unspecified atom stereocenters. The average Bonchev–Trinajstić information content (AvgIpc) is 3.27. The van der Waals surface area contributed by atoms with E-state index in [4.69, 9.17) is 4.74 Å². The third-order valence-electron chi connectivity index (χ3n) is 5.96. The average molecular weight is 424 g/mol. The van der Waals surface area contributed by atoms with E-state index in [-0.39, 0.29) is 29.5 Å². The summed E-state index contributed by atoms with van der Waals surface area (Å²) in [5, 5.41) is 6.01. The SMILES string of the molecule is Cc1cnc(C(=O)N[C@@H]2CCC[C@@H]2C(=O)NCc2ccc(N3CCOCC3)cc2)cn1. The monoisotopic (exact) mass is 423 g/mol. The van der Waals surface area contributed by atoms with Crippen molar-refractivity contribution >= 4 is 17.5 Å². The first-order valence-electron chi connectivity index (χ1n) is 10.9. The van der Waals surface area contributed by atoms with Crippen LogP contribution in [0.2, 0.25) is 0 Å². The highest BCUT2D eigenvalue weighted by Gasteiger charge is 2.34. The molecule has 4 rings (SSSR count). The maximum absolute atomic E-state index is 12.8. The smallest absolute Gasteiger partial charge is 0.271 e. The van der Waals surface area contributed by atoms with E-state index in [0.29, 0.717) is 6.54 Å². The third-order valence-corrected chi connectivity index (χ3v) is 5.96. The van der Waals surface area contributed by atoms with Crippen LogP contribution in [0.25, 0.3) is 0 Å². The predicted molar refractivity (Wildman–Crippen MR) is 117 cm³/mol. The van der Waals surface area contributed by atoms with Crippen LogP contribution in [0.15, 0.2) is 36.7 Å². The Morgan fingerprint density at radius 3 is 2.58 bits per heavy atom. The molecule has 1 aromatic heterocycles. The summed E-state index contributed by atoms with van der Waals surface area (Å²) in [6.45, 7) is 5.61. The first-order chi connectivity index (χ1) is 15.1. The molecule has 2 aromatic rings. The molecule has 8 nitrogen and oxygen atoms in total. The first kappa shape index (κ1) is 21.2. The van der Waals surface area contributed by atoms with Crippen molar-refractivity contribution < 1.29 is 14.3 Å². The minimum Gasteiger partial charge on any atom is -0.378 e. The zero-order valence-electron chi connectivity index (χ0n) is 17.8. The predicted octanol–water partition coefficient (Wildman–Crippen LogP) is 1.84. The Labute approximate surface area is 182 Å². The molecule has 2 aliphatic rings. The van der Waals surface area contributed by atoms with Crippen LogP contribution in [0.3, 0.4) is 0 Å². The number of benzene rings is 1. The zero-order valence-corrected chi connectivity index (χ0v) is 17.8. The normalized spacial score (nSPS) is 21.0. The summed E-state index contributed by atoms with van der Waals surface area (Å²) in [6.07, 6.45) is 5.51. The molecular formula is C23H29N5O3. The quantitative estimate of drug-likeness (QED) is 0.736. The number of aryl methyl sites for hydroxylation is 1. The van der Waals surface area contributed by atoms with E-state index in [0.717, 1.165) is 56.8 Å². The second-order valence-corrected chi connectivity index (χ2v) is 8.14. The van der Waals surface area contributed by atoms with Crippen LogP contribution >= 0.6 is 0 Å². The van der Waals surface area contributed by atoms with Gasteiger partial charge in [-0.2, -0.15) is 0 Å². The van der Waals surface area contributed by atoms with E-state index in [9.17, 15) is 9.59 Å². The topological polar surface area (TPSA) is 96.5 Å². The van der Waals surface area contributed by atoms with E-state index < -0.39 is 0 Å². The molecule has 1 saturated heterocycles. The van der Waals surface area contributed by atoms with Crippen molar-refractivity contribution in [3.63, 3.8) is 0 Å². The minimum atomic E-state index is -0.282. The van der Waals surface area contributed by atoms with E-state index >= 15 is 0 Å². The van der Waals surface area contributed by atoms with Gasteiger partial charge in [0.05, 0.1) is 31.0 Å². The van der Waals surface area contributed by atoms with Gasteiger partial charge >= 0.3 is 0 Å². The van der Waals surface area contributed by atoms with Crippen molar-refractivity contribution in [3.8, 4) is 0 Å². The number of ether oxygens (including phenoxy) is 1. The van der Waals surface area contributed by atoms with Gasteiger partial charge in [0.2, 0.25) is 5.91 Å². The van der Waals surface area contributed by atoms with Gasteiger partial charge in [-0.3, -0.25) is 14.6 Å². The third kappa shape index (κ3) is 5.38. The Hall–Kier alpha value is -3.00. The van der Waals surface area contributed by atoms with Crippen molar-refractivity contribution in [2.45, 2.75) is 38.8 Å². The molecule has 0 spiro atoms. The highest BCUT2D eigenvalue weighted by atomic mass is 16.5. The maximum atomic E-state index is 12.8. The lowest BCUT2D eigenvalue weighted by Gasteiger charge is -2.29. The number of carbonyl (C=O) groups is 2. The molecule has 164 valence electrons. The summed E-state index contributed by atoms with van der Waals surface area (Å²) in [5.74, 6) is -0.527. The molecular weight excluding hydrogens is 394 g/mol. The van der Waals surface area contributed by atoms with Crippen molar-refractivity contribution in [1.82, 2.24) is 20.6 Å². The molecule has 0 radical (unpaired) electrons. The van der Waals surface area contributed by atoms with Gasteiger partial charge < -0.3 is 20.3 Å². The van der Waals surface area contributed by atoms with E-state index in [1.807, 2.05) is 6.92 Å². The van der Waals surface area contributed by atoms with Gasteiger partial charge in [0.25, 0.3) is 5.91 Å². The van der Waals surface area contributed by atoms with Crippen LogP contribution in [0, 0.1) is 12.8 Å². The molecule has 1 saturated carbocycles. The second kappa shape index (κ2) is 9.87. The van der Waals surface area contributed by atoms with Crippen molar-refractivity contribution in [2.24, 2.45) is 5.92 Å². The molecule has 2 fully saturated rings. The van der Waals surface area contributed by atoms with Gasteiger partial charge in [-0.25, -0.2) is 4.98 Å². The highest BCUT2D eigenvalue weighted by molar-refractivity contribution is 5.92. The summed E-state index contributed by atoms with van der Waals surface area (Å²) in [5.41, 5.74) is 3.26. The van der Waals surface area contributed by atoms with Gasteiger partial charge in [-0.15, -0.1) is 0 Å². The van der Waals surface area contributed by atoms with Crippen molar-refractivity contribution in [1.29, 1.82) is 0 Å². The fourth-order valence-electron chi connectivity index (χ4n) is 4.17. The zero-order chi connectivity index (χ0) is 21.6. The van der Waals surface area contributed by atoms with Crippen LogP contribution in [-0.2, 0) is 16.1 Å². The molecule has 2 N–H and O–H groups in total. The Kier molecular flexibility index (Phi) is 6.76. The number of aromatic nitrogens is 2. The van der Waals surface area contributed by atoms with Crippen LogP contribution in [0.5, 0.6) is 0 Å². The molecule has 2 atom stereocenters. The van der Waals surface area contributed by atoms with Crippen LogP contribution in [0.1, 0.15) is 41.0 Å². The summed E-state index contributed by atoms with van der Waals surface area (Å²) < 4.78 is 5.40. The molecule has 8 heteroatoms. The summed E-state index contributed by atoms with van der Waals surface area (Å²) in [6, 6.07) is 8.10. The van der Waals surface area contributed by atoms with Gasteiger partial charge in [0, 0.05) is 37.6 Å². The number of amides is 2. The Bertz CT molecular complexity index is 894. The standard InChI is InChI=1S/C23H29N5O3/c1-16-13-25-21(15-24-16)23(30)27-20-4-2-3-19(20)22(29)26-14-17-5-7-18(8-6-17)28-9-11-31-12-10-28/h5-8,13,15,19-20H,2-4,9-12,14H2,1H3,(H,26,29)(H,27,30)/t19-,20+/m0/s1. The number of morpholine rings is 1. The molecule has 1 aliphatic heterocycles. The Morgan fingerprint density at radius 1 is 1.10 bits per heavy atom. The van der Waals surface area contributed by atoms with Gasteiger partial charge in [-0.05, 0) is 37.5 Å². The van der Waals surface area contributed by atoms with E-state index in [1.165, 1.54) is 11.9 Å². The second-order valence-electron chi connectivity index (χ2n) is 8.14. The highest BCUT2D eigenvalue weighted by Crippen LogP contribution is 2.26. The van der Waals surface area contributed by atoms with Crippen LogP contribution < -0.4 is 15.5 Å². The maximum Gasteiger partial charge on any atom is 0.271 e. The first-order valence-corrected chi connectivity index (χ1v) is 10.9. The summed E-state index contributed by atoms with van der Waals surface area (Å²) in [4.78, 5) is 35.8. The molecule has 0 bridgehead atoms. The van der Waals surface area contributed by atoms with Crippen LogP contribution in [0.4, 0.5) is 5.69 Å². The fraction of sp³-hybridized carbons (Fsp3) is 0.478. The Morgan fingerprint density at radius 2 is 1.87 bits per heavy atom. The molecule has 1 aromatic carbocycles. The lowest BCUT2D eigenvalue weighted by Crippen LogP contribution is -2.44. The van der Waals surface area contributed by atoms with Crippen molar-refractivity contribution in [3.05, 3.63) is 53.6 Å². The summed E-state index contributed by atoms with van der Waals surface area (Å²) >= 11 is 0. The number of hydrogen-bond acceptors (Lipinski definition) is 6. The molecule has 2 amide bonds. The summed E-state index contributed by atoms with van der Waals surface area (Å²) in [7, 11) is 0. The number of nitrogens with one attached hydrogen (secondary N) is 2. The number of hydrogen-bond donors (Lipinski definition) is 2. The van der Waals surface area contributed by atoms with Crippen molar-refractivity contribution in [2.75, 3.05) is 31.2 Å². The van der Waals surface area contributed by atoms with E-state index in [2.05, 4.69) is 49.8 Å². The number of carbonyl (C=O) groups excluding carboxylic acids is 2. The van der Waals surface area contributed by atoms with Gasteiger partial charge in [0.15, 0.2) is 0 Å². The molecule has 2 heterocycles. The van der Waals surface area contributed by atoms with E-state index in [1.54, 1.807) is 6.20 Å². The molecule has 1 aliphatic carbocycles. The Balaban J connectivity index is 1.29. The fourth-order valence-corrected chi connectivity index (χ4v) is 4.17. The number of nitrogens with zero attached hydrogens (tertiary/aromatic N) is 3. The number of rotatable bonds is 6. The minimum absolute atomic E-state index is 0.0185. The lowest BCUT2D eigenvalue weighted by atomic mass is 10.0. The van der Waals surface area contributed by atoms with Gasteiger partial charge in [-0.1, -0.05) is 18.6 Å². The lowest BCUT2D eigenvalue weighted by molar-refractivity contribution is -0.125. The van der Waals surface area contributed by atoms with Gasteiger partial charge in [0.1, 0.15) is 5.69 Å². The largest absolute Gasteiger partial charge is 0.378 e. The molecule has 31 heavy (non-hydrogen) atoms. The number of anilines is 1.